The minimum Gasteiger partial charge on any atom is -0.350 e. The first kappa shape index (κ1) is 20.3. The van der Waals surface area contributed by atoms with Gasteiger partial charge in [0.15, 0.2) is 23.3 Å². The van der Waals surface area contributed by atoms with E-state index in [9.17, 15) is 18.0 Å². The second kappa shape index (κ2) is 7.81. The van der Waals surface area contributed by atoms with E-state index in [4.69, 9.17) is 0 Å². The van der Waals surface area contributed by atoms with E-state index in [2.05, 4.69) is 20.4 Å². The molecule has 1 fully saturated rings. The van der Waals surface area contributed by atoms with E-state index in [1.807, 2.05) is 4.90 Å². The number of halogens is 3. The van der Waals surface area contributed by atoms with Crippen molar-refractivity contribution in [1.29, 1.82) is 0 Å². The number of carbonyl (C=O) groups excluding carboxylic acids is 1. The highest BCUT2D eigenvalue weighted by atomic mass is 19.2. The minimum absolute atomic E-state index is 0.0626. The zero-order valence-corrected chi connectivity index (χ0v) is 17.2. The van der Waals surface area contributed by atoms with Gasteiger partial charge in [0.25, 0.3) is 0 Å². The number of anilines is 3. The molecule has 11 heteroatoms. The highest BCUT2D eigenvalue weighted by Crippen LogP contribution is 2.37. The summed E-state index contributed by atoms with van der Waals surface area (Å²) in [6, 6.07) is 1.73. The average Bonchev–Trinajstić information content (AvgIpc) is 3.44. The number of aromatic nitrogens is 4. The summed E-state index contributed by atoms with van der Waals surface area (Å²) < 4.78 is 41.4. The second-order valence-electron chi connectivity index (χ2n) is 7.92. The van der Waals surface area contributed by atoms with Crippen LogP contribution < -0.4 is 15.1 Å². The zero-order chi connectivity index (χ0) is 22.4. The van der Waals surface area contributed by atoms with Gasteiger partial charge in [-0.25, -0.2) is 18.2 Å². The van der Waals surface area contributed by atoms with Crippen molar-refractivity contribution in [3.05, 3.63) is 59.3 Å². The third-order valence-electron chi connectivity index (χ3n) is 5.78. The van der Waals surface area contributed by atoms with Gasteiger partial charge >= 0.3 is 0 Å². The first-order valence-electron chi connectivity index (χ1n) is 10.2. The number of nitrogens with one attached hydrogen (secondary N) is 1. The highest BCUT2D eigenvalue weighted by molar-refractivity contribution is 6.04. The van der Waals surface area contributed by atoms with Crippen molar-refractivity contribution in [2.24, 2.45) is 0 Å². The molecule has 1 N–H and O–H groups in total. The van der Waals surface area contributed by atoms with Gasteiger partial charge in [-0.2, -0.15) is 10.1 Å². The molecule has 0 aliphatic carbocycles. The Balaban J connectivity index is 1.28. The number of likely N-dealkylation sites (N-methyl/N-ethyl adjacent to an activating group) is 1. The van der Waals surface area contributed by atoms with Gasteiger partial charge in [-0.15, -0.1) is 0 Å². The molecule has 2 aromatic heterocycles. The van der Waals surface area contributed by atoms with Crippen LogP contribution in [0.3, 0.4) is 0 Å². The number of nitrogens with zero attached hydrogens (tertiary/aromatic N) is 6. The molecule has 4 heterocycles. The van der Waals surface area contributed by atoms with Crippen molar-refractivity contribution in [2.75, 3.05) is 28.7 Å². The molecule has 3 aromatic rings. The lowest BCUT2D eigenvalue weighted by atomic mass is 10.1. The number of carbonyl (C=O) groups is 1. The van der Waals surface area contributed by atoms with Crippen LogP contribution in [0.5, 0.6) is 0 Å². The Morgan fingerprint density at radius 2 is 1.94 bits per heavy atom. The first-order valence-corrected chi connectivity index (χ1v) is 10.2. The molecule has 5 rings (SSSR count). The number of hydrogen-bond donors (Lipinski definition) is 1. The summed E-state index contributed by atoms with van der Waals surface area (Å²) in [6.45, 7) is 1.26. The molecule has 2 aliphatic heterocycles. The first-order chi connectivity index (χ1) is 15.4. The number of amides is 1. The summed E-state index contributed by atoms with van der Waals surface area (Å²) in [4.78, 5) is 25.1. The predicted molar refractivity (Wildman–Crippen MR) is 111 cm³/mol. The lowest BCUT2D eigenvalue weighted by Gasteiger charge is -2.36. The normalized spacial score (nSPS) is 17.5. The molecule has 0 bridgehead atoms. The van der Waals surface area contributed by atoms with Crippen molar-refractivity contribution in [3.63, 3.8) is 0 Å². The number of hydrogen-bond acceptors (Lipinski definition) is 6. The molecule has 8 nitrogen and oxygen atoms in total. The number of rotatable bonds is 5. The summed E-state index contributed by atoms with van der Waals surface area (Å²) in [7, 11) is 1.74. The van der Waals surface area contributed by atoms with Crippen LogP contribution in [-0.2, 0) is 17.9 Å². The summed E-state index contributed by atoms with van der Waals surface area (Å²) in [6.07, 6.45) is 6.73. The predicted octanol–water partition coefficient (Wildman–Crippen LogP) is 2.70. The lowest BCUT2D eigenvalue weighted by Crippen LogP contribution is -2.49. The Bertz CT molecular complexity index is 1170. The molecule has 0 saturated carbocycles. The fourth-order valence-electron chi connectivity index (χ4n) is 4.17. The molecule has 32 heavy (non-hydrogen) atoms. The largest absolute Gasteiger partial charge is 0.350 e. The van der Waals surface area contributed by atoms with Crippen LogP contribution in [0, 0.1) is 17.5 Å². The van der Waals surface area contributed by atoms with E-state index in [-0.39, 0.29) is 24.1 Å². The van der Waals surface area contributed by atoms with E-state index in [1.54, 1.807) is 30.5 Å². The van der Waals surface area contributed by atoms with Crippen LogP contribution in [0.4, 0.5) is 30.6 Å². The van der Waals surface area contributed by atoms with Gasteiger partial charge in [0.1, 0.15) is 11.7 Å². The van der Waals surface area contributed by atoms with Gasteiger partial charge in [-0.3, -0.25) is 9.48 Å². The van der Waals surface area contributed by atoms with Gasteiger partial charge in [0, 0.05) is 31.9 Å². The monoisotopic (exact) mass is 443 g/mol. The molecule has 2 aliphatic rings. The van der Waals surface area contributed by atoms with E-state index in [1.165, 1.54) is 4.68 Å². The van der Waals surface area contributed by atoms with Crippen molar-refractivity contribution in [3.8, 4) is 0 Å². The van der Waals surface area contributed by atoms with Gasteiger partial charge in [0.05, 0.1) is 18.9 Å². The van der Waals surface area contributed by atoms with Gasteiger partial charge in [0.2, 0.25) is 11.9 Å². The third-order valence-corrected chi connectivity index (χ3v) is 5.78. The summed E-state index contributed by atoms with van der Waals surface area (Å²) in [5, 5.41) is 7.33. The van der Waals surface area contributed by atoms with Gasteiger partial charge in [-0.05, 0) is 30.5 Å². The molecule has 166 valence electrons. The molecular weight excluding hydrogens is 423 g/mol. The SMILES string of the molecule is CN1C(=O)C2CCCN2c2nc(NCc3cnn(Cc4cc(F)c(F)c(F)c4)c3)ncc21. The average molecular weight is 443 g/mol. The van der Waals surface area contributed by atoms with E-state index in [0.29, 0.717) is 18.2 Å². The second-order valence-corrected chi connectivity index (χ2v) is 7.92. The molecule has 1 unspecified atom stereocenters. The molecule has 1 aromatic carbocycles. The van der Waals surface area contributed by atoms with Crippen LogP contribution >= 0.6 is 0 Å². The van der Waals surface area contributed by atoms with Crippen LogP contribution in [0.25, 0.3) is 0 Å². The smallest absolute Gasteiger partial charge is 0.249 e. The topological polar surface area (TPSA) is 79.2 Å². The van der Waals surface area contributed by atoms with Crippen LogP contribution in [0.1, 0.15) is 24.0 Å². The molecule has 0 radical (unpaired) electrons. The molecule has 0 spiro atoms. The fraction of sp³-hybridized carbons (Fsp3) is 0.333. The fourth-order valence-corrected chi connectivity index (χ4v) is 4.17. The Labute approximate surface area is 181 Å². The zero-order valence-electron chi connectivity index (χ0n) is 17.2. The maximum Gasteiger partial charge on any atom is 0.249 e. The quantitative estimate of drug-likeness (QED) is 0.611. The molecule has 1 atom stereocenters. The highest BCUT2D eigenvalue weighted by Gasteiger charge is 2.40. The summed E-state index contributed by atoms with van der Waals surface area (Å²) in [5.41, 5.74) is 1.76. The Morgan fingerprint density at radius 1 is 1.16 bits per heavy atom. The Morgan fingerprint density at radius 3 is 2.72 bits per heavy atom. The number of benzene rings is 1. The van der Waals surface area contributed by atoms with E-state index in [0.717, 1.165) is 42.9 Å². The standard InChI is InChI=1S/C21H20F3N7O/c1-29-17-9-26-21(28-19(17)31-4-2-3-16(31)20(29)32)25-7-13-8-27-30(11-13)10-12-5-14(22)18(24)15(23)6-12/h5-6,8-9,11,16H,2-4,7,10H2,1H3,(H,25,26,28). The molecular formula is C21H20F3N7O. The lowest BCUT2D eigenvalue weighted by molar-refractivity contribution is -0.119. The van der Waals surface area contributed by atoms with Crippen LogP contribution in [0.15, 0.2) is 30.7 Å². The molecule has 1 saturated heterocycles. The Hall–Kier alpha value is -3.63. The number of fused-ring (bicyclic) bond motifs is 3. The summed E-state index contributed by atoms with van der Waals surface area (Å²) >= 11 is 0. The van der Waals surface area contributed by atoms with Crippen molar-refractivity contribution in [1.82, 2.24) is 19.7 Å². The van der Waals surface area contributed by atoms with E-state index < -0.39 is 17.5 Å². The van der Waals surface area contributed by atoms with Crippen LogP contribution in [-0.4, -0.2) is 45.3 Å². The van der Waals surface area contributed by atoms with Crippen LogP contribution in [0.2, 0.25) is 0 Å². The minimum atomic E-state index is -1.49. The van der Waals surface area contributed by atoms with Gasteiger partial charge in [-0.1, -0.05) is 0 Å². The maximum atomic E-state index is 13.4. The summed E-state index contributed by atoms with van der Waals surface area (Å²) in [5.74, 6) is -2.72. The van der Waals surface area contributed by atoms with Crippen molar-refractivity contribution in [2.45, 2.75) is 32.0 Å². The van der Waals surface area contributed by atoms with Crippen molar-refractivity contribution >= 4 is 23.4 Å². The Kier molecular flexibility index (Phi) is 4.95. The van der Waals surface area contributed by atoms with E-state index >= 15 is 0 Å². The molecule has 1 amide bonds. The third kappa shape index (κ3) is 3.53. The van der Waals surface area contributed by atoms with Gasteiger partial charge < -0.3 is 15.1 Å². The van der Waals surface area contributed by atoms with Crippen molar-refractivity contribution < 1.29 is 18.0 Å². The maximum absolute atomic E-state index is 13.4.